The Morgan fingerprint density at radius 1 is 1.27 bits per heavy atom. The number of carbonyl (C=O) groups is 1. The SMILES string of the molecule is CCN1Cc2cc(OCc3cn[nH]c3-c3cccc(F)c3)ccc2C1=O. The first-order valence-corrected chi connectivity index (χ1v) is 8.49. The number of aromatic nitrogens is 2. The van der Waals surface area contributed by atoms with E-state index in [4.69, 9.17) is 4.74 Å². The molecule has 132 valence electrons. The Labute approximate surface area is 150 Å². The maximum atomic E-state index is 13.5. The topological polar surface area (TPSA) is 58.2 Å². The van der Waals surface area contributed by atoms with E-state index in [0.29, 0.717) is 25.4 Å². The molecule has 1 N–H and O–H groups in total. The number of nitrogens with one attached hydrogen (secondary N) is 1. The number of ether oxygens (including phenoxy) is 1. The highest BCUT2D eigenvalue weighted by atomic mass is 19.1. The molecule has 0 bridgehead atoms. The van der Waals surface area contributed by atoms with Crippen molar-refractivity contribution in [2.75, 3.05) is 6.54 Å². The second-order valence-corrected chi connectivity index (χ2v) is 6.21. The van der Waals surface area contributed by atoms with Gasteiger partial charge in [0.1, 0.15) is 18.2 Å². The summed E-state index contributed by atoms with van der Waals surface area (Å²) in [4.78, 5) is 14.0. The van der Waals surface area contributed by atoms with E-state index in [1.165, 1.54) is 12.1 Å². The van der Waals surface area contributed by atoms with Gasteiger partial charge in [-0.25, -0.2) is 4.39 Å². The molecule has 0 unspecified atom stereocenters. The molecule has 1 amide bonds. The molecule has 3 aromatic rings. The van der Waals surface area contributed by atoms with Gasteiger partial charge in [-0.2, -0.15) is 5.10 Å². The molecule has 5 nitrogen and oxygen atoms in total. The summed E-state index contributed by atoms with van der Waals surface area (Å²) in [6.45, 7) is 3.57. The van der Waals surface area contributed by atoms with Crippen molar-refractivity contribution in [1.82, 2.24) is 15.1 Å². The van der Waals surface area contributed by atoms with Crippen molar-refractivity contribution in [3.63, 3.8) is 0 Å². The van der Waals surface area contributed by atoms with Crippen LogP contribution >= 0.6 is 0 Å². The van der Waals surface area contributed by atoms with Gasteiger partial charge >= 0.3 is 0 Å². The predicted molar refractivity (Wildman–Crippen MR) is 95.2 cm³/mol. The van der Waals surface area contributed by atoms with Crippen LogP contribution in [0.15, 0.2) is 48.7 Å². The minimum atomic E-state index is -0.298. The van der Waals surface area contributed by atoms with E-state index >= 15 is 0 Å². The zero-order chi connectivity index (χ0) is 18.1. The molecule has 2 heterocycles. The second kappa shape index (κ2) is 6.63. The van der Waals surface area contributed by atoms with Crippen molar-refractivity contribution < 1.29 is 13.9 Å². The van der Waals surface area contributed by atoms with Gasteiger partial charge in [0.15, 0.2) is 0 Å². The molecule has 0 aliphatic carbocycles. The van der Waals surface area contributed by atoms with Crippen LogP contribution in [0.1, 0.15) is 28.4 Å². The fourth-order valence-electron chi connectivity index (χ4n) is 3.18. The summed E-state index contributed by atoms with van der Waals surface area (Å²) in [6.07, 6.45) is 1.68. The Kier molecular flexibility index (Phi) is 4.16. The first kappa shape index (κ1) is 16.3. The van der Waals surface area contributed by atoms with E-state index in [9.17, 15) is 9.18 Å². The summed E-state index contributed by atoms with van der Waals surface area (Å²) in [6, 6.07) is 11.9. The summed E-state index contributed by atoms with van der Waals surface area (Å²) in [5.74, 6) is 0.464. The molecule has 2 aromatic carbocycles. The fourth-order valence-corrected chi connectivity index (χ4v) is 3.18. The highest BCUT2D eigenvalue weighted by Crippen LogP contribution is 2.28. The van der Waals surface area contributed by atoms with E-state index in [0.717, 1.165) is 27.9 Å². The molecule has 1 aliphatic heterocycles. The van der Waals surface area contributed by atoms with E-state index in [1.54, 1.807) is 23.2 Å². The van der Waals surface area contributed by atoms with Crippen LogP contribution in [0.4, 0.5) is 4.39 Å². The van der Waals surface area contributed by atoms with Gasteiger partial charge in [0.2, 0.25) is 0 Å². The third-order valence-electron chi connectivity index (χ3n) is 4.56. The summed E-state index contributed by atoms with van der Waals surface area (Å²) >= 11 is 0. The van der Waals surface area contributed by atoms with Crippen LogP contribution in [0, 0.1) is 5.82 Å². The number of rotatable bonds is 5. The van der Waals surface area contributed by atoms with Gasteiger partial charge in [-0.15, -0.1) is 0 Å². The monoisotopic (exact) mass is 351 g/mol. The third-order valence-corrected chi connectivity index (χ3v) is 4.56. The summed E-state index contributed by atoms with van der Waals surface area (Å²) in [5.41, 5.74) is 4.01. The number of carbonyl (C=O) groups excluding carboxylic acids is 1. The van der Waals surface area contributed by atoms with Crippen molar-refractivity contribution in [1.29, 1.82) is 0 Å². The van der Waals surface area contributed by atoms with Crippen molar-refractivity contribution in [2.45, 2.75) is 20.1 Å². The molecule has 0 spiro atoms. The number of H-pyrrole nitrogens is 1. The number of hydrogen-bond donors (Lipinski definition) is 1. The average Bonchev–Trinajstić information content (AvgIpc) is 3.24. The normalized spacial score (nSPS) is 13.2. The Morgan fingerprint density at radius 2 is 2.15 bits per heavy atom. The lowest BCUT2D eigenvalue weighted by atomic mass is 10.1. The van der Waals surface area contributed by atoms with Crippen LogP contribution < -0.4 is 4.74 Å². The molecule has 1 aromatic heterocycles. The molecule has 0 fully saturated rings. The molecule has 0 atom stereocenters. The zero-order valence-corrected chi connectivity index (χ0v) is 14.3. The quantitative estimate of drug-likeness (QED) is 0.761. The summed E-state index contributed by atoms with van der Waals surface area (Å²) in [5, 5.41) is 6.95. The minimum absolute atomic E-state index is 0.0669. The second-order valence-electron chi connectivity index (χ2n) is 6.21. The summed E-state index contributed by atoms with van der Waals surface area (Å²) < 4.78 is 19.4. The number of benzene rings is 2. The van der Waals surface area contributed by atoms with Gasteiger partial charge in [-0.3, -0.25) is 9.89 Å². The largest absolute Gasteiger partial charge is 0.489 e. The average molecular weight is 351 g/mol. The number of nitrogens with zero attached hydrogens (tertiary/aromatic N) is 2. The molecular weight excluding hydrogens is 333 g/mol. The zero-order valence-electron chi connectivity index (χ0n) is 14.3. The highest BCUT2D eigenvalue weighted by Gasteiger charge is 2.26. The standard InChI is InChI=1S/C20H18FN3O2/c1-2-24-11-14-9-17(6-7-18(14)20(24)25)26-12-15-10-22-23-19(15)13-4-3-5-16(21)8-13/h3-10H,2,11-12H2,1H3,(H,22,23). The van der Waals surface area contributed by atoms with Crippen molar-refractivity contribution in [2.24, 2.45) is 0 Å². The van der Waals surface area contributed by atoms with E-state index < -0.39 is 0 Å². The van der Waals surface area contributed by atoms with Gasteiger partial charge in [0.25, 0.3) is 5.91 Å². The first-order chi connectivity index (χ1) is 12.7. The molecule has 4 rings (SSSR count). The molecular formula is C20H18FN3O2. The predicted octanol–water partition coefficient (Wildman–Crippen LogP) is 3.77. The lowest BCUT2D eigenvalue weighted by molar-refractivity contribution is 0.0787. The van der Waals surface area contributed by atoms with E-state index in [-0.39, 0.29) is 11.7 Å². The lowest BCUT2D eigenvalue weighted by Gasteiger charge is -2.10. The van der Waals surface area contributed by atoms with Crippen LogP contribution in [-0.2, 0) is 13.2 Å². The van der Waals surface area contributed by atoms with Gasteiger partial charge in [-0.05, 0) is 42.8 Å². The maximum Gasteiger partial charge on any atom is 0.254 e. The van der Waals surface area contributed by atoms with Crippen molar-refractivity contribution in [3.05, 3.63) is 71.2 Å². The molecule has 1 aliphatic rings. The van der Waals surface area contributed by atoms with E-state index in [1.807, 2.05) is 25.1 Å². The van der Waals surface area contributed by atoms with Crippen LogP contribution in [0.3, 0.4) is 0 Å². The van der Waals surface area contributed by atoms with Crippen LogP contribution in [0.25, 0.3) is 11.3 Å². The van der Waals surface area contributed by atoms with E-state index in [2.05, 4.69) is 10.2 Å². The van der Waals surface area contributed by atoms with Gasteiger partial charge < -0.3 is 9.64 Å². The Morgan fingerprint density at radius 3 is 2.96 bits per heavy atom. The van der Waals surface area contributed by atoms with Gasteiger partial charge in [0.05, 0.1) is 11.9 Å². The smallest absolute Gasteiger partial charge is 0.254 e. The Balaban J connectivity index is 1.51. The number of aromatic amines is 1. The number of halogens is 1. The van der Waals surface area contributed by atoms with Crippen LogP contribution in [-0.4, -0.2) is 27.5 Å². The summed E-state index contributed by atoms with van der Waals surface area (Å²) in [7, 11) is 0. The lowest BCUT2D eigenvalue weighted by Crippen LogP contribution is -2.22. The Bertz CT molecular complexity index is 967. The van der Waals surface area contributed by atoms with Gasteiger partial charge in [0, 0.05) is 29.8 Å². The minimum Gasteiger partial charge on any atom is -0.489 e. The van der Waals surface area contributed by atoms with Crippen molar-refractivity contribution in [3.8, 4) is 17.0 Å². The number of amides is 1. The third kappa shape index (κ3) is 2.94. The highest BCUT2D eigenvalue weighted by molar-refractivity contribution is 5.98. The Hall–Kier alpha value is -3.15. The maximum absolute atomic E-state index is 13.5. The number of fused-ring (bicyclic) bond motifs is 1. The van der Waals surface area contributed by atoms with Crippen LogP contribution in [0.5, 0.6) is 5.75 Å². The molecule has 26 heavy (non-hydrogen) atoms. The fraction of sp³-hybridized carbons (Fsp3) is 0.200. The molecule has 6 heteroatoms. The van der Waals surface area contributed by atoms with Gasteiger partial charge in [-0.1, -0.05) is 12.1 Å². The first-order valence-electron chi connectivity index (χ1n) is 8.49. The number of hydrogen-bond acceptors (Lipinski definition) is 3. The molecule has 0 radical (unpaired) electrons. The van der Waals surface area contributed by atoms with Crippen molar-refractivity contribution >= 4 is 5.91 Å². The van der Waals surface area contributed by atoms with Crippen LogP contribution in [0.2, 0.25) is 0 Å². The molecule has 0 saturated heterocycles. The molecule has 0 saturated carbocycles.